The van der Waals surface area contributed by atoms with Gasteiger partial charge in [0.1, 0.15) is 11.5 Å². The van der Waals surface area contributed by atoms with Crippen molar-refractivity contribution < 1.29 is 9.15 Å². The van der Waals surface area contributed by atoms with E-state index < -0.39 is 0 Å². The molecule has 1 rings (SSSR count). The van der Waals surface area contributed by atoms with Gasteiger partial charge >= 0.3 is 0 Å². The molecule has 0 aliphatic rings. The number of methoxy groups -OCH3 is 1. The van der Waals surface area contributed by atoms with E-state index in [-0.39, 0.29) is 6.04 Å². The molecule has 2 unspecified atom stereocenters. The van der Waals surface area contributed by atoms with Crippen LogP contribution >= 0.6 is 0 Å². The molecule has 16 heavy (non-hydrogen) atoms. The number of furan rings is 1. The van der Waals surface area contributed by atoms with Crippen LogP contribution in [-0.4, -0.2) is 19.8 Å². The lowest BCUT2D eigenvalue weighted by Gasteiger charge is -2.20. The van der Waals surface area contributed by atoms with Gasteiger partial charge in [-0.1, -0.05) is 13.3 Å². The molecule has 0 saturated heterocycles. The van der Waals surface area contributed by atoms with Crippen LogP contribution < -0.4 is 5.32 Å². The maximum absolute atomic E-state index is 5.63. The summed E-state index contributed by atoms with van der Waals surface area (Å²) in [7, 11) is 1.72. The molecular formula is C13H23NO2. The molecule has 0 amide bonds. The molecule has 1 aromatic rings. The van der Waals surface area contributed by atoms with Gasteiger partial charge in [-0.3, -0.25) is 0 Å². The minimum atomic E-state index is 0.153. The van der Waals surface area contributed by atoms with Crippen LogP contribution in [0.4, 0.5) is 0 Å². The summed E-state index contributed by atoms with van der Waals surface area (Å²) in [5.41, 5.74) is 0. The summed E-state index contributed by atoms with van der Waals surface area (Å²) in [4.78, 5) is 0. The van der Waals surface area contributed by atoms with Crippen molar-refractivity contribution in [2.24, 2.45) is 0 Å². The molecule has 1 heterocycles. The molecule has 0 bridgehead atoms. The molecule has 3 heteroatoms. The van der Waals surface area contributed by atoms with Crippen molar-refractivity contribution in [3.63, 3.8) is 0 Å². The summed E-state index contributed by atoms with van der Waals surface area (Å²) >= 11 is 0. The summed E-state index contributed by atoms with van der Waals surface area (Å²) in [5.74, 6) is 1.91. The Bertz CT molecular complexity index is 296. The van der Waals surface area contributed by atoms with Crippen molar-refractivity contribution >= 4 is 0 Å². The van der Waals surface area contributed by atoms with Crippen molar-refractivity contribution in [3.05, 3.63) is 23.7 Å². The van der Waals surface area contributed by atoms with Gasteiger partial charge in [-0.15, -0.1) is 0 Å². The largest absolute Gasteiger partial charge is 0.465 e. The summed E-state index contributed by atoms with van der Waals surface area (Å²) < 4.78 is 10.9. The zero-order valence-electron chi connectivity index (χ0n) is 10.7. The van der Waals surface area contributed by atoms with Gasteiger partial charge in [-0.05, 0) is 32.4 Å². The quantitative estimate of drug-likeness (QED) is 0.774. The predicted molar refractivity (Wildman–Crippen MR) is 65.6 cm³/mol. The van der Waals surface area contributed by atoms with E-state index in [1.807, 2.05) is 19.1 Å². The third-order valence-electron chi connectivity index (χ3n) is 2.65. The monoisotopic (exact) mass is 225 g/mol. The van der Waals surface area contributed by atoms with Crippen molar-refractivity contribution in [2.75, 3.05) is 13.7 Å². The van der Waals surface area contributed by atoms with Crippen LogP contribution in [-0.2, 0) is 4.74 Å². The minimum Gasteiger partial charge on any atom is -0.465 e. The highest BCUT2D eigenvalue weighted by Crippen LogP contribution is 2.17. The van der Waals surface area contributed by atoms with Gasteiger partial charge in [0, 0.05) is 13.2 Å². The van der Waals surface area contributed by atoms with E-state index in [0.717, 1.165) is 11.5 Å². The Morgan fingerprint density at radius 3 is 2.69 bits per heavy atom. The first-order chi connectivity index (χ1) is 7.67. The first-order valence-electron chi connectivity index (χ1n) is 5.98. The number of hydrogen-bond donors (Lipinski definition) is 1. The molecule has 0 saturated carbocycles. The average molecular weight is 225 g/mol. The minimum absolute atomic E-state index is 0.153. The highest BCUT2D eigenvalue weighted by Gasteiger charge is 2.16. The summed E-state index contributed by atoms with van der Waals surface area (Å²) in [6.45, 7) is 6.99. The lowest BCUT2D eigenvalue weighted by atomic mass is 10.1. The summed E-state index contributed by atoms with van der Waals surface area (Å²) in [6.07, 6.45) is 2.35. The number of rotatable bonds is 7. The van der Waals surface area contributed by atoms with Gasteiger partial charge in [0.2, 0.25) is 0 Å². The van der Waals surface area contributed by atoms with E-state index in [1.54, 1.807) is 7.11 Å². The van der Waals surface area contributed by atoms with Gasteiger partial charge in [0.25, 0.3) is 0 Å². The SMILES string of the molecule is CCCC(C)NC(COC)c1ccc(C)o1. The summed E-state index contributed by atoms with van der Waals surface area (Å²) in [5, 5.41) is 3.53. The number of ether oxygens (including phenoxy) is 1. The topological polar surface area (TPSA) is 34.4 Å². The fourth-order valence-corrected chi connectivity index (χ4v) is 1.88. The second-order valence-corrected chi connectivity index (χ2v) is 4.31. The lowest BCUT2D eigenvalue weighted by molar-refractivity contribution is 0.150. The van der Waals surface area contributed by atoms with Crippen molar-refractivity contribution in [1.29, 1.82) is 0 Å². The van der Waals surface area contributed by atoms with Crippen molar-refractivity contribution in [1.82, 2.24) is 5.32 Å². The van der Waals surface area contributed by atoms with Crippen LogP contribution in [0.5, 0.6) is 0 Å². The molecule has 0 aromatic carbocycles. The lowest BCUT2D eigenvalue weighted by Crippen LogP contribution is -2.32. The Hall–Kier alpha value is -0.800. The summed E-state index contributed by atoms with van der Waals surface area (Å²) in [6, 6.07) is 4.64. The zero-order chi connectivity index (χ0) is 12.0. The normalized spacial score (nSPS) is 15.0. The third-order valence-corrected chi connectivity index (χ3v) is 2.65. The van der Waals surface area contributed by atoms with Gasteiger partial charge in [-0.2, -0.15) is 0 Å². The molecule has 0 fully saturated rings. The van der Waals surface area contributed by atoms with Crippen LogP contribution in [0, 0.1) is 6.92 Å². The van der Waals surface area contributed by atoms with E-state index in [2.05, 4.69) is 19.2 Å². The molecule has 0 radical (unpaired) electrons. The first-order valence-corrected chi connectivity index (χ1v) is 5.98. The maximum Gasteiger partial charge on any atom is 0.123 e. The molecule has 1 N–H and O–H groups in total. The van der Waals surface area contributed by atoms with Gasteiger partial charge in [0.15, 0.2) is 0 Å². The highest BCUT2D eigenvalue weighted by atomic mass is 16.5. The predicted octanol–water partition coefficient (Wildman–Crippen LogP) is 3.05. The zero-order valence-corrected chi connectivity index (χ0v) is 10.7. The molecule has 92 valence electrons. The smallest absolute Gasteiger partial charge is 0.123 e. The van der Waals surface area contributed by atoms with Crippen LogP contribution in [0.3, 0.4) is 0 Å². The van der Waals surface area contributed by atoms with E-state index in [1.165, 1.54) is 12.8 Å². The molecular weight excluding hydrogens is 202 g/mol. The number of nitrogens with one attached hydrogen (secondary N) is 1. The fraction of sp³-hybridized carbons (Fsp3) is 0.692. The van der Waals surface area contributed by atoms with Crippen LogP contribution in [0.2, 0.25) is 0 Å². The molecule has 0 spiro atoms. The van der Waals surface area contributed by atoms with E-state index in [0.29, 0.717) is 12.6 Å². The Morgan fingerprint density at radius 1 is 1.44 bits per heavy atom. The van der Waals surface area contributed by atoms with Crippen molar-refractivity contribution in [3.8, 4) is 0 Å². The molecule has 3 nitrogen and oxygen atoms in total. The van der Waals surface area contributed by atoms with Gasteiger partial charge in [0.05, 0.1) is 12.6 Å². The Kier molecular flexibility index (Phi) is 5.56. The standard InChI is InChI=1S/C13H23NO2/c1-5-6-10(2)14-12(9-15-4)13-8-7-11(3)16-13/h7-8,10,12,14H,5-6,9H2,1-4H3. The maximum atomic E-state index is 5.63. The first kappa shape index (κ1) is 13.3. The van der Waals surface area contributed by atoms with Crippen LogP contribution in [0.25, 0.3) is 0 Å². The highest BCUT2D eigenvalue weighted by molar-refractivity contribution is 5.10. The average Bonchev–Trinajstić information content (AvgIpc) is 2.64. The Balaban J connectivity index is 2.60. The van der Waals surface area contributed by atoms with E-state index >= 15 is 0 Å². The second kappa shape index (κ2) is 6.71. The molecule has 1 aromatic heterocycles. The Morgan fingerprint density at radius 2 is 2.19 bits per heavy atom. The van der Waals surface area contributed by atoms with Gasteiger partial charge < -0.3 is 14.5 Å². The molecule has 2 atom stereocenters. The molecule has 0 aliphatic heterocycles. The van der Waals surface area contributed by atoms with E-state index in [4.69, 9.17) is 9.15 Å². The molecule has 0 aliphatic carbocycles. The number of aryl methyl sites for hydroxylation is 1. The number of hydrogen-bond acceptors (Lipinski definition) is 3. The van der Waals surface area contributed by atoms with Crippen LogP contribution in [0.1, 0.15) is 44.3 Å². The third kappa shape index (κ3) is 3.99. The van der Waals surface area contributed by atoms with Crippen LogP contribution in [0.15, 0.2) is 16.5 Å². The fourth-order valence-electron chi connectivity index (χ4n) is 1.88. The van der Waals surface area contributed by atoms with Gasteiger partial charge in [-0.25, -0.2) is 0 Å². The van der Waals surface area contributed by atoms with Crippen molar-refractivity contribution in [2.45, 2.75) is 45.7 Å². The van der Waals surface area contributed by atoms with E-state index in [9.17, 15) is 0 Å². The Labute approximate surface area is 98.2 Å². The second-order valence-electron chi connectivity index (χ2n) is 4.31.